The van der Waals surface area contributed by atoms with E-state index < -0.39 is 0 Å². The van der Waals surface area contributed by atoms with Gasteiger partial charge in [-0.3, -0.25) is 0 Å². The summed E-state index contributed by atoms with van der Waals surface area (Å²) in [4.78, 5) is 11.6. The van der Waals surface area contributed by atoms with Gasteiger partial charge in [0.25, 0.3) is 0 Å². The van der Waals surface area contributed by atoms with E-state index in [1.807, 2.05) is 0 Å². The van der Waals surface area contributed by atoms with Crippen molar-refractivity contribution in [1.29, 1.82) is 0 Å². The van der Waals surface area contributed by atoms with E-state index in [4.69, 9.17) is 0 Å². The van der Waals surface area contributed by atoms with Gasteiger partial charge in [0.2, 0.25) is 0 Å². The number of aliphatic hydroxyl groups excluding tert-OH is 2. The van der Waals surface area contributed by atoms with Gasteiger partial charge in [-0.1, -0.05) is 34.1 Å². The van der Waals surface area contributed by atoms with Crippen LogP contribution in [0.25, 0.3) is 0 Å². The molecule has 4 saturated carbocycles. The molecule has 3 heteroatoms. The number of aldehydes is 1. The van der Waals surface area contributed by atoms with Crippen LogP contribution in [-0.2, 0) is 4.79 Å². The van der Waals surface area contributed by atoms with Crippen LogP contribution in [0, 0.1) is 52.3 Å². The molecule has 0 saturated heterocycles. The molecule has 0 bridgehead atoms. The van der Waals surface area contributed by atoms with Crippen LogP contribution in [0.5, 0.6) is 0 Å². The van der Waals surface area contributed by atoms with Crippen LogP contribution in [0.4, 0.5) is 0 Å². The highest BCUT2D eigenvalue weighted by Gasteiger charge is 2.64. The number of rotatable bonds is 3. The Morgan fingerprint density at radius 3 is 2.33 bits per heavy atom. The summed E-state index contributed by atoms with van der Waals surface area (Å²) in [6, 6.07) is 0. The topological polar surface area (TPSA) is 57.5 Å². The summed E-state index contributed by atoms with van der Waals surface area (Å²) in [6.07, 6.45) is 9.39. The van der Waals surface area contributed by atoms with Crippen molar-refractivity contribution >= 4 is 6.29 Å². The number of hydrogen-bond donors (Lipinski definition) is 2. The summed E-state index contributed by atoms with van der Waals surface area (Å²) in [7, 11) is 0. The fourth-order valence-electron chi connectivity index (χ4n) is 8.96. The predicted octanol–water partition coefficient (Wildman–Crippen LogP) is 4.45. The average molecular weight is 377 g/mol. The van der Waals surface area contributed by atoms with E-state index in [0.29, 0.717) is 35.5 Å². The molecule has 0 aromatic heterocycles. The Kier molecular flexibility index (Phi) is 5.03. The molecule has 3 nitrogen and oxygen atoms in total. The number of aliphatic hydroxyl groups is 2. The van der Waals surface area contributed by atoms with Gasteiger partial charge in [0.15, 0.2) is 0 Å². The third-order valence-electron chi connectivity index (χ3n) is 10.3. The lowest BCUT2D eigenvalue weighted by Crippen LogP contribution is -2.62. The van der Waals surface area contributed by atoms with Crippen LogP contribution in [0.3, 0.4) is 0 Å². The Morgan fingerprint density at radius 2 is 1.67 bits per heavy atom. The summed E-state index contributed by atoms with van der Waals surface area (Å²) < 4.78 is 0. The second kappa shape index (κ2) is 6.83. The Balaban J connectivity index is 1.70. The zero-order valence-corrected chi connectivity index (χ0v) is 17.7. The highest BCUT2D eigenvalue weighted by molar-refractivity contribution is 5.53. The molecule has 0 aliphatic heterocycles. The lowest BCUT2D eigenvalue weighted by atomic mass is 9.41. The van der Waals surface area contributed by atoms with Crippen molar-refractivity contribution in [1.82, 2.24) is 0 Å². The Labute approximate surface area is 165 Å². The summed E-state index contributed by atoms with van der Waals surface area (Å²) in [6.45, 7) is 9.24. The minimum absolute atomic E-state index is 0.132. The molecule has 4 rings (SSSR count). The van der Waals surface area contributed by atoms with Gasteiger partial charge in [0.05, 0.1) is 12.2 Å². The first-order valence-electron chi connectivity index (χ1n) is 11.6. The van der Waals surface area contributed by atoms with Crippen LogP contribution in [0.15, 0.2) is 0 Å². The van der Waals surface area contributed by atoms with Gasteiger partial charge in [-0.2, -0.15) is 0 Å². The molecule has 4 aliphatic carbocycles. The molecule has 0 heterocycles. The Morgan fingerprint density at radius 1 is 1.00 bits per heavy atom. The minimum atomic E-state index is -0.238. The van der Waals surface area contributed by atoms with Gasteiger partial charge in [-0.25, -0.2) is 0 Å². The van der Waals surface area contributed by atoms with Crippen molar-refractivity contribution in [2.75, 3.05) is 0 Å². The van der Waals surface area contributed by atoms with Crippen LogP contribution in [0.2, 0.25) is 0 Å². The number of carbonyl (C=O) groups excluding carboxylic acids is 1. The molecule has 154 valence electrons. The highest BCUT2D eigenvalue weighted by Crippen LogP contribution is 2.69. The SMILES string of the molecule is CC[C@@H]1C2C[C@H](O)CC[C@]2(C)C2CC[C@@]3(C)C(CC[C@@H]3[C@H](C)C=O)C2[C@@H]1O. The first kappa shape index (κ1) is 19.9. The van der Waals surface area contributed by atoms with E-state index in [1.165, 1.54) is 19.3 Å². The highest BCUT2D eigenvalue weighted by atomic mass is 16.3. The van der Waals surface area contributed by atoms with Crippen molar-refractivity contribution in [3.8, 4) is 0 Å². The maximum absolute atomic E-state index is 11.6. The lowest BCUT2D eigenvalue weighted by molar-refractivity contribution is -0.203. The second-order valence-electron chi connectivity index (χ2n) is 11.1. The number of carbonyl (C=O) groups is 1. The van der Waals surface area contributed by atoms with Crippen LogP contribution < -0.4 is 0 Å². The van der Waals surface area contributed by atoms with Crippen LogP contribution in [0.1, 0.15) is 79.1 Å². The van der Waals surface area contributed by atoms with Crippen molar-refractivity contribution in [2.24, 2.45) is 52.3 Å². The quantitative estimate of drug-likeness (QED) is 0.716. The van der Waals surface area contributed by atoms with Crippen molar-refractivity contribution in [3.05, 3.63) is 0 Å². The van der Waals surface area contributed by atoms with Crippen molar-refractivity contribution in [2.45, 2.75) is 91.3 Å². The second-order valence-corrected chi connectivity index (χ2v) is 11.1. The summed E-state index contributed by atoms with van der Waals surface area (Å²) in [5, 5.41) is 22.0. The van der Waals surface area contributed by atoms with E-state index in [2.05, 4.69) is 27.7 Å². The maximum Gasteiger partial charge on any atom is 0.123 e. The summed E-state index contributed by atoms with van der Waals surface area (Å²) >= 11 is 0. The monoisotopic (exact) mass is 376 g/mol. The third-order valence-corrected chi connectivity index (χ3v) is 10.3. The largest absolute Gasteiger partial charge is 0.393 e. The molecule has 0 radical (unpaired) electrons. The van der Waals surface area contributed by atoms with E-state index in [-0.39, 0.29) is 29.0 Å². The molecule has 11 atom stereocenters. The first-order chi connectivity index (χ1) is 12.8. The van der Waals surface area contributed by atoms with Gasteiger partial charge in [0, 0.05) is 5.92 Å². The van der Waals surface area contributed by atoms with E-state index in [9.17, 15) is 15.0 Å². The molecule has 0 spiro atoms. The molecule has 4 aliphatic rings. The Hall–Kier alpha value is -0.410. The molecule has 0 amide bonds. The minimum Gasteiger partial charge on any atom is -0.393 e. The summed E-state index contributed by atoms with van der Waals surface area (Å²) in [5.74, 6) is 2.90. The van der Waals surface area contributed by atoms with Gasteiger partial charge >= 0.3 is 0 Å². The van der Waals surface area contributed by atoms with Crippen LogP contribution in [-0.4, -0.2) is 28.7 Å². The van der Waals surface area contributed by atoms with E-state index in [1.54, 1.807) is 0 Å². The smallest absolute Gasteiger partial charge is 0.123 e. The van der Waals surface area contributed by atoms with Crippen molar-refractivity contribution in [3.63, 3.8) is 0 Å². The summed E-state index contributed by atoms with van der Waals surface area (Å²) in [5.41, 5.74) is 0.470. The third kappa shape index (κ3) is 2.70. The standard InChI is InChI=1S/C24H40O3/c1-5-16-20-12-15(26)8-10-24(20,4)19-9-11-23(3)17(14(2)13-25)6-7-18(23)21(19)22(16)27/h13-22,26-27H,5-12H2,1-4H3/t14-,15-,16-,17-,18?,19?,20?,21?,22-,23-,24-/m1/s1. The molecule has 0 aromatic carbocycles. The van der Waals surface area contributed by atoms with Gasteiger partial charge in [-0.05, 0) is 91.3 Å². The first-order valence-corrected chi connectivity index (χ1v) is 11.6. The van der Waals surface area contributed by atoms with E-state index >= 15 is 0 Å². The molecule has 4 unspecified atom stereocenters. The van der Waals surface area contributed by atoms with Crippen LogP contribution >= 0.6 is 0 Å². The molecule has 0 aromatic rings. The molecule has 27 heavy (non-hydrogen) atoms. The number of fused-ring (bicyclic) bond motifs is 5. The zero-order valence-electron chi connectivity index (χ0n) is 17.7. The van der Waals surface area contributed by atoms with Gasteiger partial charge in [-0.15, -0.1) is 0 Å². The van der Waals surface area contributed by atoms with Crippen molar-refractivity contribution < 1.29 is 15.0 Å². The molecule has 2 N–H and O–H groups in total. The zero-order chi connectivity index (χ0) is 19.6. The van der Waals surface area contributed by atoms with Gasteiger partial charge in [0.1, 0.15) is 6.29 Å². The maximum atomic E-state index is 11.6. The number of hydrogen-bond acceptors (Lipinski definition) is 3. The lowest BCUT2D eigenvalue weighted by Gasteiger charge is -2.64. The van der Waals surface area contributed by atoms with Gasteiger partial charge < -0.3 is 15.0 Å². The predicted molar refractivity (Wildman–Crippen MR) is 107 cm³/mol. The molecular formula is C24H40O3. The fraction of sp³-hybridized carbons (Fsp3) is 0.958. The molecular weight excluding hydrogens is 336 g/mol. The Bertz CT molecular complexity index is 576. The average Bonchev–Trinajstić information content (AvgIpc) is 3.00. The van der Waals surface area contributed by atoms with E-state index in [0.717, 1.165) is 38.4 Å². The normalized spacial score (nSPS) is 55.9. The fourth-order valence-corrected chi connectivity index (χ4v) is 8.96. The molecule has 4 fully saturated rings.